The van der Waals surface area contributed by atoms with Gasteiger partial charge in [-0.25, -0.2) is 14.4 Å². The number of hydrogen-bond donors (Lipinski definition) is 1. The number of carbonyl (C=O) groups is 1. The molecule has 2 heterocycles. The van der Waals surface area contributed by atoms with E-state index in [1.165, 1.54) is 12.5 Å². The third-order valence-corrected chi connectivity index (χ3v) is 5.09. The first-order valence-electron chi connectivity index (χ1n) is 9.72. The first kappa shape index (κ1) is 19.3. The predicted octanol–water partition coefficient (Wildman–Crippen LogP) is 3.67. The number of halogens is 1. The van der Waals surface area contributed by atoms with Crippen molar-refractivity contribution < 1.29 is 9.18 Å². The second-order valence-electron chi connectivity index (χ2n) is 7.01. The molecular weight excluding hydrogens is 343 g/mol. The van der Waals surface area contributed by atoms with Gasteiger partial charge in [0.1, 0.15) is 23.2 Å². The summed E-state index contributed by atoms with van der Waals surface area (Å²) in [6.45, 7) is 5.32. The Morgan fingerprint density at radius 2 is 2.11 bits per heavy atom. The van der Waals surface area contributed by atoms with E-state index in [0.29, 0.717) is 36.1 Å². The number of aryl methyl sites for hydroxylation is 1. The van der Waals surface area contributed by atoms with E-state index < -0.39 is 0 Å². The lowest BCUT2D eigenvalue weighted by molar-refractivity contribution is 0.0948. The summed E-state index contributed by atoms with van der Waals surface area (Å²) in [6.07, 6.45) is 5.04. The Kier molecular flexibility index (Phi) is 6.37. The van der Waals surface area contributed by atoms with Gasteiger partial charge in [0.15, 0.2) is 0 Å². The van der Waals surface area contributed by atoms with E-state index in [1.807, 2.05) is 6.92 Å². The highest BCUT2D eigenvalue weighted by molar-refractivity contribution is 5.93. The molecule has 1 saturated heterocycles. The average molecular weight is 370 g/mol. The van der Waals surface area contributed by atoms with Crippen LogP contribution in [0.4, 0.5) is 10.2 Å². The largest absolute Gasteiger partial charge is 0.354 e. The molecule has 1 fully saturated rings. The van der Waals surface area contributed by atoms with Crippen molar-refractivity contribution in [2.45, 2.75) is 52.0 Å². The number of aromatic nitrogens is 2. The number of hydrogen-bond acceptors (Lipinski definition) is 4. The number of piperidine rings is 1. The van der Waals surface area contributed by atoms with Crippen molar-refractivity contribution in [3.63, 3.8) is 0 Å². The molecule has 2 aromatic rings. The van der Waals surface area contributed by atoms with E-state index in [0.717, 1.165) is 31.6 Å². The Labute approximate surface area is 160 Å². The van der Waals surface area contributed by atoms with Gasteiger partial charge in [0.2, 0.25) is 0 Å². The first-order valence-corrected chi connectivity index (χ1v) is 9.72. The molecule has 3 rings (SSSR count). The minimum absolute atomic E-state index is 0.247. The molecule has 0 aliphatic carbocycles. The zero-order valence-electron chi connectivity index (χ0n) is 16.0. The van der Waals surface area contributed by atoms with Crippen LogP contribution < -0.4 is 10.2 Å². The summed E-state index contributed by atoms with van der Waals surface area (Å²) in [5, 5.41) is 2.84. The summed E-state index contributed by atoms with van der Waals surface area (Å²) < 4.78 is 13.7. The molecule has 144 valence electrons. The van der Waals surface area contributed by atoms with Gasteiger partial charge in [-0.2, -0.15) is 0 Å². The van der Waals surface area contributed by atoms with Crippen molar-refractivity contribution in [3.05, 3.63) is 53.2 Å². The van der Waals surface area contributed by atoms with E-state index in [2.05, 4.69) is 27.1 Å². The lowest BCUT2D eigenvalue weighted by atomic mass is 10.00. The molecule has 1 aromatic carbocycles. The molecular formula is C21H27FN4O. The van der Waals surface area contributed by atoms with Crippen LogP contribution in [0.25, 0.3) is 0 Å². The molecule has 0 radical (unpaired) electrons. The monoisotopic (exact) mass is 370 g/mol. The second-order valence-corrected chi connectivity index (χ2v) is 7.01. The van der Waals surface area contributed by atoms with Crippen molar-refractivity contribution in [1.29, 1.82) is 0 Å². The van der Waals surface area contributed by atoms with Crippen LogP contribution in [0.3, 0.4) is 0 Å². The smallest absolute Gasteiger partial charge is 0.270 e. The fourth-order valence-corrected chi connectivity index (χ4v) is 3.64. The molecule has 1 unspecified atom stereocenters. The van der Waals surface area contributed by atoms with Gasteiger partial charge >= 0.3 is 0 Å². The zero-order chi connectivity index (χ0) is 19.2. The van der Waals surface area contributed by atoms with Gasteiger partial charge in [-0.15, -0.1) is 0 Å². The molecule has 1 aliphatic rings. The van der Waals surface area contributed by atoms with Crippen molar-refractivity contribution >= 4 is 11.7 Å². The molecule has 1 amide bonds. The minimum Gasteiger partial charge on any atom is -0.354 e. The number of nitrogens with zero attached hydrogens (tertiary/aromatic N) is 3. The first-order chi connectivity index (χ1) is 13.1. The van der Waals surface area contributed by atoms with Gasteiger partial charge in [0.25, 0.3) is 5.91 Å². The number of carbonyl (C=O) groups excluding carboxylic acids is 1. The maximum absolute atomic E-state index is 13.7. The molecule has 5 nitrogen and oxygen atoms in total. The van der Waals surface area contributed by atoms with Crippen molar-refractivity contribution in [3.8, 4) is 0 Å². The van der Waals surface area contributed by atoms with Gasteiger partial charge in [-0.05, 0) is 50.7 Å². The number of anilines is 1. The quantitative estimate of drug-likeness (QED) is 0.843. The summed E-state index contributed by atoms with van der Waals surface area (Å²) in [5.74, 6) is 0.922. The van der Waals surface area contributed by atoms with E-state index in [4.69, 9.17) is 0 Å². The van der Waals surface area contributed by atoms with Crippen LogP contribution in [-0.4, -0.2) is 35.0 Å². The topological polar surface area (TPSA) is 58.1 Å². The number of nitrogens with one attached hydrogen (secondary N) is 1. The van der Waals surface area contributed by atoms with Crippen LogP contribution in [0.15, 0.2) is 30.3 Å². The van der Waals surface area contributed by atoms with E-state index in [9.17, 15) is 9.18 Å². The van der Waals surface area contributed by atoms with Gasteiger partial charge in [0.05, 0.1) is 0 Å². The maximum Gasteiger partial charge on any atom is 0.270 e. The average Bonchev–Trinajstić information content (AvgIpc) is 2.68. The Hall–Kier alpha value is -2.50. The molecule has 0 spiro atoms. The molecule has 1 aliphatic heterocycles. The summed E-state index contributed by atoms with van der Waals surface area (Å²) >= 11 is 0. The highest BCUT2D eigenvalue weighted by atomic mass is 19.1. The Bertz CT molecular complexity index is 796. The van der Waals surface area contributed by atoms with Gasteiger partial charge in [-0.1, -0.05) is 25.1 Å². The van der Waals surface area contributed by atoms with Crippen LogP contribution in [0, 0.1) is 12.7 Å². The van der Waals surface area contributed by atoms with E-state index in [1.54, 1.807) is 24.3 Å². The highest BCUT2D eigenvalue weighted by Gasteiger charge is 2.23. The fraction of sp³-hybridized carbons (Fsp3) is 0.476. The van der Waals surface area contributed by atoms with Crippen molar-refractivity contribution in [1.82, 2.24) is 15.3 Å². The normalized spacial score (nSPS) is 17.0. The summed E-state index contributed by atoms with van der Waals surface area (Å²) in [6, 6.07) is 8.86. The highest BCUT2D eigenvalue weighted by Crippen LogP contribution is 2.25. The van der Waals surface area contributed by atoms with Crippen molar-refractivity contribution in [2.75, 3.05) is 18.0 Å². The third kappa shape index (κ3) is 4.81. The molecule has 0 saturated carbocycles. The summed E-state index contributed by atoms with van der Waals surface area (Å²) in [7, 11) is 0. The lowest BCUT2D eigenvalue weighted by Crippen LogP contribution is -2.40. The number of benzene rings is 1. The van der Waals surface area contributed by atoms with Crippen LogP contribution in [0.1, 0.15) is 54.5 Å². The summed E-state index contributed by atoms with van der Waals surface area (Å²) in [5.41, 5.74) is 0.961. The SMILES string of the molecule is CCC1CCCCN1c1cc(C(=O)NCCc2ccccc2F)nc(C)n1. The predicted molar refractivity (Wildman–Crippen MR) is 104 cm³/mol. The molecule has 1 atom stereocenters. The summed E-state index contributed by atoms with van der Waals surface area (Å²) in [4.78, 5) is 23.7. The Morgan fingerprint density at radius 3 is 2.89 bits per heavy atom. The molecule has 1 aromatic heterocycles. The fourth-order valence-electron chi connectivity index (χ4n) is 3.64. The van der Waals surface area contributed by atoms with Crippen LogP contribution >= 0.6 is 0 Å². The van der Waals surface area contributed by atoms with Gasteiger partial charge < -0.3 is 10.2 Å². The molecule has 1 N–H and O–H groups in total. The molecule has 27 heavy (non-hydrogen) atoms. The van der Waals surface area contributed by atoms with Crippen LogP contribution in [0.2, 0.25) is 0 Å². The Balaban J connectivity index is 1.68. The van der Waals surface area contributed by atoms with Crippen molar-refractivity contribution in [2.24, 2.45) is 0 Å². The van der Waals surface area contributed by atoms with Crippen LogP contribution in [-0.2, 0) is 6.42 Å². The minimum atomic E-state index is -0.248. The number of amides is 1. The van der Waals surface area contributed by atoms with Gasteiger partial charge in [0, 0.05) is 25.2 Å². The van der Waals surface area contributed by atoms with Crippen LogP contribution in [0.5, 0.6) is 0 Å². The van der Waals surface area contributed by atoms with Gasteiger partial charge in [-0.3, -0.25) is 4.79 Å². The second kappa shape index (κ2) is 8.93. The molecule has 6 heteroatoms. The zero-order valence-corrected chi connectivity index (χ0v) is 16.0. The lowest BCUT2D eigenvalue weighted by Gasteiger charge is -2.36. The Morgan fingerprint density at radius 1 is 1.30 bits per heavy atom. The third-order valence-electron chi connectivity index (χ3n) is 5.09. The molecule has 0 bridgehead atoms. The van der Waals surface area contributed by atoms with E-state index in [-0.39, 0.29) is 11.7 Å². The number of rotatable bonds is 6. The maximum atomic E-state index is 13.7. The standard InChI is InChI=1S/C21H27FN4O/c1-3-17-9-6-7-13-26(17)20-14-19(24-15(2)25-20)21(27)23-12-11-16-8-4-5-10-18(16)22/h4-5,8,10,14,17H,3,6-7,9,11-13H2,1-2H3,(H,23,27). The van der Waals surface area contributed by atoms with E-state index >= 15 is 0 Å².